The predicted octanol–water partition coefficient (Wildman–Crippen LogP) is 4.06. The van der Waals surface area contributed by atoms with Crippen LogP contribution in [0.3, 0.4) is 0 Å². The number of likely N-dealkylation sites (tertiary alicyclic amines) is 1. The Bertz CT molecular complexity index is 1010. The maximum Gasteiger partial charge on any atom is 0.318 e. The van der Waals surface area contributed by atoms with Gasteiger partial charge in [-0.15, -0.1) is 0 Å². The van der Waals surface area contributed by atoms with Gasteiger partial charge in [-0.2, -0.15) is 0 Å². The standard InChI is InChI=1S/C26H28N4O2/c31-25(28-18-21-10-7-15-27-16-21)23-13-14-24(22-11-5-2-6-12-22)30(19-23)26(32)29-17-20-8-3-1-4-9-20/h1-12,15-16,23-24H,13-14,17-19H2,(H,28,31)(H,29,32)/t23-,24+/m0/s1. The molecule has 164 valence electrons. The van der Waals surface area contributed by atoms with E-state index in [-0.39, 0.29) is 23.9 Å². The molecule has 2 atom stereocenters. The van der Waals surface area contributed by atoms with Crippen LogP contribution in [0.5, 0.6) is 0 Å². The van der Waals surface area contributed by atoms with Gasteiger partial charge in [-0.3, -0.25) is 9.78 Å². The number of carbonyl (C=O) groups is 2. The van der Waals surface area contributed by atoms with Gasteiger partial charge in [-0.1, -0.05) is 66.7 Å². The molecule has 1 fully saturated rings. The van der Waals surface area contributed by atoms with E-state index in [9.17, 15) is 9.59 Å². The number of aromatic nitrogens is 1. The molecule has 6 heteroatoms. The topological polar surface area (TPSA) is 74.3 Å². The molecule has 2 aromatic carbocycles. The van der Waals surface area contributed by atoms with E-state index < -0.39 is 0 Å². The van der Waals surface area contributed by atoms with Crippen molar-refractivity contribution in [3.05, 3.63) is 102 Å². The van der Waals surface area contributed by atoms with Gasteiger partial charge >= 0.3 is 6.03 Å². The number of nitrogens with one attached hydrogen (secondary N) is 2. The first-order chi connectivity index (χ1) is 15.7. The van der Waals surface area contributed by atoms with E-state index in [4.69, 9.17) is 0 Å². The molecular formula is C26H28N4O2. The molecule has 4 rings (SSSR count). The lowest BCUT2D eigenvalue weighted by Crippen LogP contribution is -2.50. The molecule has 32 heavy (non-hydrogen) atoms. The van der Waals surface area contributed by atoms with Crippen molar-refractivity contribution in [2.75, 3.05) is 6.54 Å². The van der Waals surface area contributed by atoms with Crippen LogP contribution in [0.15, 0.2) is 85.2 Å². The second kappa shape index (κ2) is 10.6. The minimum Gasteiger partial charge on any atom is -0.352 e. The number of nitrogens with zero attached hydrogens (tertiary/aromatic N) is 2. The van der Waals surface area contributed by atoms with E-state index in [1.54, 1.807) is 12.4 Å². The van der Waals surface area contributed by atoms with Crippen LogP contribution in [0, 0.1) is 5.92 Å². The molecule has 2 N–H and O–H groups in total. The van der Waals surface area contributed by atoms with Crippen LogP contribution in [-0.2, 0) is 17.9 Å². The molecule has 2 heterocycles. The van der Waals surface area contributed by atoms with Crippen LogP contribution in [-0.4, -0.2) is 28.4 Å². The quantitative estimate of drug-likeness (QED) is 0.622. The molecule has 1 aromatic heterocycles. The Morgan fingerprint density at radius 1 is 0.844 bits per heavy atom. The van der Waals surface area contributed by atoms with Crippen molar-refractivity contribution in [1.82, 2.24) is 20.5 Å². The van der Waals surface area contributed by atoms with E-state index in [0.29, 0.717) is 19.6 Å². The van der Waals surface area contributed by atoms with Gasteiger partial charge in [0.05, 0.1) is 12.0 Å². The largest absolute Gasteiger partial charge is 0.352 e. The van der Waals surface area contributed by atoms with Crippen LogP contribution >= 0.6 is 0 Å². The SMILES string of the molecule is O=C(NCc1cccnc1)[C@H]1CC[C@H](c2ccccc2)N(C(=O)NCc2ccccc2)C1. The molecule has 1 aliphatic rings. The number of piperidine rings is 1. The van der Waals surface area contributed by atoms with E-state index >= 15 is 0 Å². The first kappa shape index (κ1) is 21.6. The monoisotopic (exact) mass is 428 g/mol. The van der Waals surface area contributed by atoms with Crippen LogP contribution in [0.25, 0.3) is 0 Å². The summed E-state index contributed by atoms with van der Waals surface area (Å²) in [6, 6.07) is 23.5. The van der Waals surface area contributed by atoms with Crippen molar-refractivity contribution in [2.45, 2.75) is 32.0 Å². The number of pyridine rings is 1. The Morgan fingerprint density at radius 3 is 2.25 bits per heavy atom. The van der Waals surface area contributed by atoms with Crippen LogP contribution < -0.4 is 10.6 Å². The summed E-state index contributed by atoms with van der Waals surface area (Å²) in [4.78, 5) is 32.0. The van der Waals surface area contributed by atoms with Crippen molar-refractivity contribution in [3.63, 3.8) is 0 Å². The molecule has 0 unspecified atom stereocenters. The summed E-state index contributed by atoms with van der Waals surface area (Å²) >= 11 is 0. The molecule has 3 amide bonds. The van der Waals surface area contributed by atoms with E-state index in [2.05, 4.69) is 15.6 Å². The van der Waals surface area contributed by atoms with Gasteiger partial charge in [0.15, 0.2) is 0 Å². The summed E-state index contributed by atoms with van der Waals surface area (Å²) in [5.41, 5.74) is 3.09. The van der Waals surface area contributed by atoms with E-state index in [1.165, 1.54) is 0 Å². The summed E-state index contributed by atoms with van der Waals surface area (Å²) in [7, 11) is 0. The third kappa shape index (κ3) is 5.52. The molecule has 0 saturated carbocycles. The highest BCUT2D eigenvalue weighted by molar-refractivity contribution is 5.81. The Labute approximate surface area is 188 Å². The number of amides is 3. The molecule has 0 bridgehead atoms. The molecular weight excluding hydrogens is 400 g/mol. The fourth-order valence-corrected chi connectivity index (χ4v) is 4.14. The fraction of sp³-hybridized carbons (Fsp3) is 0.269. The van der Waals surface area contributed by atoms with Crippen LogP contribution in [0.1, 0.15) is 35.6 Å². The zero-order valence-corrected chi connectivity index (χ0v) is 18.0. The van der Waals surface area contributed by atoms with Crippen molar-refractivity contribution >= 4 is 11.9 Å². The lowest BCUT2D eigenvalue weighted by atomic mass is 9.88. The molecule has 3 aromatic rings. The molecule has 0 spiro atoms. The fourth-order valence-electron chi connectivity index (χ4n) is 4.14. The van der Waals surface area contributed by atoms with Gasteiger partial charge < -0.3 is 15.5 Å². The summed E-state index contributed by atoms with van der Waals surface area (Å²) in [5, 5.41) is 6.04. The van der Waals surface area contributed by atoms with Crippen molar-refractivity contribution in [2.24, 2.45) is 5.92 Å². The summed E-state index contributed by atoms with van der Waals surface area (Å²) in [6.07, 6.45) is 4.94. The zero-order valence-electron chi connectivity index (χ0n) is 18.0. The predicted molar refractivity (Wildman–Crippen MR) is 123 cm³/mol. The molecule has 0 radical (unpaired) electrons. The van der Waals surface area contributed by atoms with Gasteiger partial charge in [0.2, 0.25) is 5.91 Å². The second-order valence-corrected chi connectivity index (χ2v) is 8.08. The highest BCUT2D eigenvalue weighted by Crippen LogP contribution is 2.33. The summed E-state index contributed by atoms with van der Waals surface area (Å²) in [6.45, 7) is 1.28. The molecule has 6 nitrogen and oxygen atoms in total. The number of rotatable bonds is 6. The Kier molecular flexibility index (Phi) is 7.12. The van der Waals surface area contributed by atoms with Crippen molar-refractivity contribution in [1.29, 1.82) is 0 Å². The number of urea groups is 1. The maximum absolute atomic E-state index is 13.2. The smallest absolute Gasteiger partial charge is 0.318 e. The van der Waals surface area contributed by atoms with Gasteiger partial charge in [-0.05, 0) is 35.6 Å². The first-order valence-electron chi connectivity index (χ1n) is 11.0. The van der Waals surface area contributed by atoms with Gasteiger partial charge in [0, 0.05) is 32.0 Å². The average Bonchev–Trinajstić information content (AvgIpc) is 2.87. The maximum atomic E-state index is 13.2. The highest BCUT2D eigenvalue weighted by Gasteiger charge is 2.35. The first-order valence-corrected chi connectivity index (χ1v) is 11.0. The summed E-state index contributed by atoms with van der Waals surface area (Å²) in [5.74, 6) is -0.268. The lowest BCUT2D eigenvalue weighted by Gasteiger charge is -2.39. The van der Waals surface area contributed by atoms with Crippen LogP contribution in [0.4, 0.5) is 4.79 Å². The number of carbonyl (C=O) groups excluding carboxylic acids is 2. The molecule has 1 saturated heterocycles. The summed E-state index contributed by atoms with van der Waals surface area (Å²) < 4.78 is 0. The number of hydrogen-bond donors (Lipinski definition) is 2. The van der Waals surface area contributed by atoms with Crippen molar-refractivity contribution < 1.29 is 9.59 Å². The Balaban J connectivity index is 1.43. The highest BCUT2D eigenvalue weighted by atomic mass is 16.2. The Morgan fingerprint density at radius 2 is 1.53 bits per heavy atom. The average molecular weight is 429 g/mol. The molecule has 0 aliphatic carbocycles. The van der Waals surface area contributed by atoms with Gasteiger partial charge in [0.1, 0.15) is 0 Å². The van der Waals surface area contributed by atoms with Gasteiger partial charge in [0.25, 0.3) is 0 Å². The zero-order chi connectivity index (χ0) is 22.2. The minimum absolute atomic E-state index is 0.0266. The number of benzene rings is 2. The van der Waals surface area contributed by atoms with Crippen molar-refractivity contribution in [3.8, 4) is 0 Å². The van der Waals surface area contributed by atoms with Crippen LogP contribution in [0.2, 0.25) is 0 Å². The molecule has 1 aliphatic heterocycles. The normalized spacial score (nSPS) is 18.1. The number of hydrogen-bond acceptors (Lipinski definition) is 3. The van der Waals surface area contributed by atoms with Gasteiger partial charge in [-0.25, -0.2) is 4.79 Å². The second-order valence-electron chi connectivity index (χ2n) is 8.08. The van der Waals surface area contributed by atoms with E-state index in [0.717, 1.165) is 29.5 Å². The third-order valence-electron chi connectivity index (χ3n) is 5.87. The minimum atomic E-state index is -0.242. The Hall–Kier alpha value is -3.67. The lowest BCUT2D eigenvalue weighted by molar-refractivity contribution is -0.126. The van der Waals surface area contributed by atoms with E-state index in [1.807, 2.05) is 77.7 Å². The third-order valence-corrected chi connectivity index (χ3v) is 5.87.